The van der Waals surface area contributed by atoms with Crippen LogP contribution in [0.5, 0.6) is 0 Å². The summed E-state index contributed by atoms with van der Waals surface area (Å²) in [6, 6.07) is 6.51. The molecule has 1 aromatic heterocycles. The van der Waals surface area contributed by atoms with Crippen LogP contribution in [0.15, 0.2) is 35.0 Å². The molecule has 0 aliphatic carbocycles. The fourth-order valence-electron chi connectivity index (χ4n) is 1.22. The molecule has 0 amide bonds. The second-order valence-electron chi connectivity index (χ2n) is 2.97. The van der Waals surface area contributed by atoms with Crippen molar-refractivity contribution in [1.29, 1.82) is 0 Å². The Morgan fingerprint density at radius 2 is 2.14 bits per heavy atom. The standard InChI is InChI=1S/C10H9FN2O/c11-8-4-2-1-3-7(8)5-10-9(12)6-13-14-10/h1-4,6H,5,12H2. The molecule has 0 aliphatic heterocycles. The molecule has 0 spiro atoms. The predicted molar refractivity (Wildman–Crippen MR) is 50.1 cm³/mol. The molecule has 0 saturated carbocycles. The first-order valence-corrected chi connectivity index (χ1v) is 4.20. The maximum Gasteiger partial charge on any atom is 0.164 e. The van der Waals surface area contributed by atoms with E-state index in [-0.39, 0.29) is 5.82 Å². The van der Waals surface area contributed by atoms with Gasteiger partial charge in [-0.05, 0) is 11.6 Å². The maximum atomic E-state index is 13.2. The SMILES string of the molecule is Nc1cnoc1Cc1ccccc1F. The molecule has 0 atom stereocenters. The summed E-state index contributed by atoms with van der Waals surface area (Å²) in [5, 5.41) is 3.53. The summed E-state index contributed by atoms with van der Waals surface area (Å²) in [4.78, 5) is 0. The number of nitrogen functional groups attached to an aromatic ring is 1. The lowest BCUT2D eigenvalue weighted by molar-refractivity contribution is 0.389. The third kappa shape index (κ3) is 1.59. The molecule has 72 valence electrons. The van der Waals surface area contributed by atoms with Gasteiger partial charge < -0.3 is 10.3 Å². The average Bonchev–Trinajstić information content (AvgIpc) is 2.56. The molecular formula is C10H9FN2O. The first-order chi connectivity index (χ1) is 6.77. The number of nitrogens with two attached hydrogens (primary N) is 1. The van der Waals surface area contributed by atoms with Gasteiger partial charge in [-0.3, -0.25) is 0 Å². The van der Waals surface area contributed by atoms with Crippen LogP contribution >= 0.6 is 0 Å². The Morgan fingerprint density at radius 1 is 1.36 bits per heavy atom. The Kier molecular flexibility index (Phi) is 2.18. The zero-order valence-electron chi connectivity index (χ0n) is 7.40. The first-order valence-electron chi connectivity index (χ1n) is 4.20. The number of hydrogen-bond acceptors (Lipinski definition) is 3. The average molecular weight is 192 g/mol. The molecular weight excluding hydrogens is 183 g/mol. The van der Waals surface area contributed by atoms with Gasteiger partial charge in [0.1, 0.15) is 5.82 Å². The number of hydrogen-bond donors (Lipinski definition) is 1. The molecule has 1 aromatic carbocycles. The Bertz CT molecular complexity index is 439. The third-order valence-corrected chi connectivity index (χ3v) is 1.99. The summed E-state index contributed by atoms with van der Waals surface area (Å²) in [6.07, 6.45) is 1.74. The van der Waals surface area contributed by atoms with Gasteiger partial charge in [0.05, 0.1) is 11.9 Å². The number of aromatic nitrogens is 1. The fraction of sp³-hybridized carbons (Fsp3) is 0.100. The van der Waals surface area contributed by atoms with E-state index >= 15 is 0 Å². The number of benzene rings is 1. The Balaban J connectivity index is 2.28. The summed E-state index contributed by atoms with van der Waals surface area (Å²) < 4.78 is 18.1. The highest BCUT2D eigenvalue weighted by Gasteiger charge is 2.08. The van der Waals surface area contributed by atoms with Crippen LogP contribution in [0.4, 0.5) is 10.1 Å². The second-order valence-corrected chi connectivity index (χ2v) is 2.97. The van der Waals surface area contributed by atoms with Crippen LogP contribution in [-0.2, 0) is 6.42 Å². The molecule has 0 unspecified atom stereocenters. The zero-order valence-corrected chi connectivity index (χ0v) is 7.40. The van der Waals surface area contributed by atoms with Crippen molar-refractivity contribution in [2.75, 3.05) is 5.73 Å². The van der Waals surface area contributed by atoms with Crippen LogP contribution in [0.2, 0.25) is 0 Å². The minimum Gasteiger partial charge on any atom is -0.395 e. The molecule has 0 radical (unpaired) electrons. The van der Waals surface area contributed by atoms with Gasteiger partial charge >= 0.3 is 0 Å². The third-order valence-electron chi connectivity index (χ3n) is 1.99. The summed E-state index contributed by atoms with van der Waals surface area (Å²) in [7, 11) is 0. The smallest absolute Gasteiger partial charge is 0.164 e. The van der Waals surface area contributed by atoms with Crippen LogP contribution < -0.4 is 5.73 Å². The van der Waals surface area contributed by atoms with Gasteiger partial charge in [-0.1, -0.05) is 23.4 Å². The molecule has 0 fully saturated rings. The van der Waals surface area contributed by atoms with Crippen molar-refractivity contribution < 1.29 is 8.91 Å². The van der Waals surface area contributed by atoms with Crippen molar-refractivity contribution >= 4 is 5.69 Å². The van der Waals surface area contributed by atoms with Crippen LogP contribution in [0.25, 0.3) is 0 Å². The molecule has 14 heavy (non-hydrogen) atoms. The Morgan fingerprint density at radius 3 is 2.79 bits per heavy atom. The lowest BCUT2D eigenvalue weighted by atomic mass is 10.1. The van der Waals surface area contributed by atoms with Crippen LogP contribution in [0, 0.1) is 5.82 Å². The van der Waals surface area contributed by atoms with Crippen LogP contribution in [0.1, 0.15) is 11.3 Å². The highest BCUT2D eigenvalue weighted by atomic mass is 19.1. The normalized spacial score (nSPS) is 10.4. The molecule has 2 aromatic rings. The molecule has 0 aliphatic rings. The van der Waals surface area contributed by atoms with Gasteiger partial charge in [0.15, 0.2) is 5.76 Å². The van der Waals surface area contributed by atoms with Crippen molar-refractivity contribution in [3.63, 3.8) is 0 Å². The van der Waals surface area contributed by atoms with Crippen molar-refractivity contribution in [1.82, 2.24) is 5.16 Å². The van der Waals surface area contributed by atoms with E-state index in [1.54, 1.807) is 18.2 Å². The van der Waals surface area contributed by atoms with Crippen LogP contribution in [0.3, 0.4) is 0 Å². The Hall–Kier alpha value is -1.84. The van der Waals surface area contributed by atoms with E-state index in [1.807, 2.05) is 0 Å². The lowest BCUT2D eigenvalue weighted by Crippen LogP contribution is -1.94. The van der Waals surface area contributed by atoms with Gasteiger partial charge in [-0.2, -0.15) is 0 Å². The molecule has 0 bridgehead atoms. The summed E-state index contributed by atoms with van der Waals surface area (Å²) in [5.41, 5.74) is 6.56. The molecule has 0 saturated heterocycles. The van der Waals surface area contributed by atoms with E-state index in [9.17, 15) is 4.39 Å². The van der Waals surface area contributed by atoms with Crippen molar-refractivity contribution in [3.8, 4) is 0 Å². The number of rotatable bonds is 2. The van der Waals surface area contributed by atoms with Crippen LogP contribution in [-0.4, -0.2) is 5.16 Å². The van der Waals surface area contributed by atoms with E-state index in [0.29, 0.717) is 23.4 Å². The largest absolute Gasteiger partial charge is 0.395 e. The molecule has 1 heterocycles. The van der Waals surface area contributed by atoms with E-state index < -0.39 is 0 Å². The Labute approximate surface area is 80.3 Å². The highest BCUT2D eigenvalue weighted by molar-refractivity contribution is 5.40. The van der Waals surface area contributed by atoms with Gasteiger partial charge in [-0.15, -0.1) is 0 Å². The second kappa shape index (κ2) is 3.49. The van der Waals surface area contributed by atoms with E-state index in [2.05, 4.69) is 5.16 Å². The van der Waals surface area contributed by atoms with Crippen molar-refractivity contribution in [3.05, 3.63) is 47.6 Å². The monoisotopic (exact) mass is 192 g/mol. The molecule has 3 nitrogen and oxygen atoms in total. The minimum absolute atomic E-state index is 0.261. The van der Waals surface area contributed by atoms with Gasteiger partial charge in [0.2, 0.25) is 0 Å². The van der Waals surface area contributed by atoms with E-state index in [4.69, 9.17) is 10.3 Å². The zero-order chi connectivity index (χ0) is 9.97. The maximum absolute atomic E-state index is 13.2. The van der Waals surface area contributed by atoms with Crippen molar-refractivity contribution in [2.24, 2.45) is 0 Å². The number of halogens is 1. The van der Waals surface area contributed by atoms with Crippen molar-refractivity contribution in [2.45, 2.75) is 6.42 Å². The van der Waals surface area contributed by atoms with Gasteiger partial charge in [0.25, 0.3) is 0 Å². The topological polar surface area (TPSA) is 52.0 Å². The molecule has 2 rings (SSSR count). The van der Waals surface area contributed by atoms with Gasteiger partial charge in [0, 0.05) is 6.42 Å². The molecule has 2 N–H and O–H groups in total. The lowest BCUT2D eigenvalue weighted by Gasteiger charge is -1.99. The number of anilines is 1. The summed E-state index contributed by atoms with van der Waals surface area (Å²) in [6.45, 7) is 0. The van der Waals surface area contributed by atoms with Gasteiger partial charge in [-0.25, -0.2) is 4.39 Å². The quantitative estimate of drug-likeness (QED) is 0.791. The summed E-state index contributed by atoms with van der Waals surface area (Å²) >= 11 is 0. The molecule has 4 heteroatoms. The minimum atomic E-state index is -0.261. The predicted octanol–water partition coefficient (Wildman–Crippen LogP) is 1.99. The fourth-order valence-corrected chi connectivity index (χ4v) is 1.22. The number of nitrogens with zero attached hydrogens (tertiary/aromatic N) is 1. The van der Waals surface area contributed by atoms with E-state index in [1.165, 1.54) is 12.3 Å². The first kappa shape index (κ1) is 8.74. The van der Waals surface area contributed by atoms with E-state index in [0.717, 1.165) is 0 Å². The summed E-state index contributed by atoms with van der Waals surface area (Å²) in [5.74, 6) is 0.235. The highest BCUT2D eigenvalue weighted by Crippen LogP contribution is 2.17.